The van der Waals surface area contributed by atoms with Crippen LogP contribution in [-0.4, -0.2) is 19.6 Å². The van der Waals surface area contributed by atoms with E-state index in [4.69, 9.17) is 14.7 Å². The lowest BCUT2D eigenvalue weighted by Gasteiger charge is -2.23. The van der Waals surface area contributed by atoms with Gasteiger partial charge in [-0.15, -0.1) is 0 Å². The molecule has 0 saturated heterocycles. The second kappa shape index (κ2) is 8.74. The second-order valence-corrected chi connectivity index (χ2v) is 5.96. The van der Waals surface area contributed by atoms with Gasteiger partial charge >= 0.3 is 0 Å². The average molecular weight is 338 g/mol. The van der Waals surface area contributed by atoms with Crippen LogP contribution >= 0.6 is 0 Å². The van der Waals surface area contributed by atoms with Gasteiger partial charge < -0.3 is 14.8 Å². The zero-order valence-electron chi connectivity index (χ0n) is 14.7. The number of benzene rings is 2. The van der Waals surface area contributed by atoms with Gasteiger partial charge in [0.25, 0.3) is 5.91 Å². The number of nitrogens with zero attached hydrogens (tertiary/aromatic N) is 1. The van der Waals surface area contributed by atoms with Crippen LogP contribution < -0.4 is 14.8 Å². The molecule has 25 heavy (non-hydrogen) atoms. The Morgan fingerprint density at radius 1 is 1.16 bits per heavy atom. The number of nitriles is 1. The van der Waals surface area contributed by atoms with Crippen molar-refractivity contribution in [3.8, 4) is 17.6 Å². The third-order valence-corrected chi connectivity index (χ3v) is 3.82. The van der Waals surface area contributed by atoms with Gasteiger partial charge in [0.15, 0.2) is 6.61 Å². The molecule has 130 valence electrons. The predicted molar refractivity (Wildman–Crippen MR) is 95.4 cm³/mol. The molecule has 0 unspecified atom stereocenters. The molecule has 0 saturated carbocycles. The van der Waals surface area contributed by atoms with Crippen molar-refractivity contribution in [2.24, 2.45) is 5.92 Å². The lowest BCUT2D eigenvalue weighted by Crippen LogP contribution is -2.35. The van der Waals surface area contributed by atoms with Gasteiger partial charge in [0, 0.05) is 0 Å². The van der Waals surface area contributed by atoms with Crippen molar-refractivity contribution in [2.45, 2.75) is 19.9 Å². The Kier molecular flexibility index (Phi) is 6.41. The molecule has 2 rings (SSSR count). The van der Waals surface area contributed by atoms with Crippen LogP contribution in [0.2, 0.25) is 0 Å². The molecular formula is C20H22N2O3. The minimum Gasteiger partial charge on any atom is -0.497 e. The molecule has 0 heterocycles. The summed E-state index contributed by atoms with van der Waals surface area (Å²) in [6.45, 7) is 3.94. The third kappa shape index (κ3) is 4.98. The first kappa shape index (κ1) is 18.3. The van der Waals surface area contributed by atoms with Crippen LogP contribution in [-0.2, 0) is 4.79 Å². The summed E-state index contributed by atoms with van der Waals surface area (Å²) in [6.07, 6.45) is 0. The topological polar surface area (TPSA) is 71.3 Å². The minimum atomic E-state index is -0.234. The standard InChI is InChI=1S/C20H22N2O3/c1-14(2)20(15-8-10-17(24-3)11-9-15)22-19(23)13-25-18-7-5-4-6-16(18)12-21/h4-11,14,20H,13H2,1-3H3,(H,22,23)/t20-/m0/s1. The number of nitrogens with one attached hydrogen (secondary N) is 1. The highest BCUT2D eigenvalue weighted by molar-refractivity contribution is 5.78. The molecular weight excluding hydrogens is 316 g/mol. The molecule has 0 spiro atoms. The van der Waals surface area contributed by atoms with Crippen molar-refractivity contribution in [1.82, 2.24) is 5.32 Å². The van der Waals surface area contributed by atoms with Crippen molar-refractivity contribution < 1.29 is 14.3 Å². The Bertz CT molecular complexity index is 748. The van der Waals surface area contributed by atoms with Crippen LogP contribution in [0.15, 0.2) is 48.5 Å². The van der Waals surface area contributed by atoms with E-state index in [0.717, 1.165) is 11.3 Å². The van der Waals surface area contributed by atoms with Crippen LogP contribution in [0.5, 0.6) is 11.5 Å². The Morgan fingerprint density at radius 3 is 2.44 bits per heavy atom. The van der Waals surface area contributed by atoms with Gasteiger partial charge in [0.05, 0.1) is 18.7 Å². The molecule has 0 aliphatic rings. The molecule has 1 amide bonds. The molecule has 2 aromatic rings. The number of hydrogen-bond donors (Lipinski definition) is 1. The van der Waals surface area contributed by atoms with Crippen molar-refractivity contribution >= 4 is 5.91 Å². The fourth-order valence-corrected chi connectivity index (χ4v) is 2.49. The normalized spacial score (nSPS) is 11.5. The summed E-state index contributed by atoms with van der Waals surface area (Å²) in [4.78, 5) is 12.3. The van der Waals surface area contributed by atoms with Gasteiger partial charge in [-0.25, -0.2) is 0 Å². The molecule has 0 radical (unpaired) electrons. The number of amides is 1. The minimum absolute atomic E-state index is 0.131. The maximum absolute atomic E-state index is 12.3. The van der Waals surface area contributed by atoms with Gasteiger partial charge in [0.1, 0.15) is 17.6 Å². The Labute approximate surface area is 148 Å². The van der Waals surface area contributed by atoms with Crippen LogP contribution in [0.25, 0.3) is 0 Å². The van der Waals surface area contributed by atoms with E-state index in [-0.39, 0.29) is 24.5 Å². The van der Waals surface area contributed by atoms with E-state index in [9.17, 15) is 4.79 Å². The Hall–Kier alpha value is -3.00. The van der Waals surface area contributed by atoms with Gasteiger partial charge in [0.2, 0.25) is 0 Å². The van der Waals surface area contributed by atoms with Crippen molar-refractivity contribution in [3.63, 3.8) is 0 Å². The molecule has 0 fully saturated rings. The Morgan fingerprint density at radius 2 is 1.84 bits per heavy atom. The highest BCUT2D eigenvalue weighted by Crippen LogP contribution is 2.24. The maximum atomic E-state index is 12.3. The lowest BCUT2D eigenvalue weighted by atomic mass is 9.96. The summed E-state index contributed by atoms with van der Waals surface area (Å²) < 4.78 is 10.7. The van der Waals surface area contributed by atoms with Gasteiger partial charge in [-0.2, -0.15) is 5.26 Å². The first-order valence-corrected chi connectivity index (χ1v) is 8.10. The second-order valence-electron chi connectivity index (χ2n) is 5.96. The summed E-state index contributed by atoms with van der Waals surface area (Å²) in [5, 5.41) is 12.0. The third-order valence-electron chi connectivity index (χ3n) is 3.82. The molecule has 1 N–H and O–H groups in total. The number of ether oxygens (including phenoxy) is 2. The van der Waals surface area contributed by atoms with E-state index in [1.807, 2.05) is 44.2 Å². The first-order valence-electron chi connectivity index (χ1n) is 8.10. The highest BCUT2D eigenvalue weighted by atomic mass is 16.5. The van der Waals surface area contributed by atoms with Crippen LogP contribution in [0.3, 0.4) is 0 Å². The SMILES string of the molecule is COc1ccc([C@@H](NC(=O)COc2ccccc2C#N)C(C)C)cc1. The van der Waals surface area contributed by atoms with Gasteiger partial charge in [-0.05, 0) is 35.7 Å². The molecule has 2 aromatic carbocycles. The predicted octanol–water partition coefficient (Wildman–Crippen LogP) is 3.46. The molecule has 0 aliphatic heterocycles. The fraction of sp³-hybridized carbons (Fsp3) is 0.300. The summed E-state index contributed by atoms with van der Waals surface area (Å²) in [7, 11) is 1.62. The summed E-state index contributed by atoms with van der Waals surface area (Å²) in [5.74, 6) is 1.16. The van der Waals surface area contributed by atoms with Crippen molar-refractivity contribution in [3.05, 3.63) is 59.7 Å². The monoisotopic (exact) mass is 338 g/mol. The quantitative estimate of drug-likeness (QED) is 0.839. The molecule has 0 aliphatic carbocycles. The molecule has 5 heteroatoms. The molecule has 0 aromatic heterocycles. The number of hydrogen-bond acceptors (Lipinski definition) is 4. The fourth-order valence-electron chi connectivity index (χ4n) is 2.49. The average Bonchev–Trinajstić information content (AvgIpc) is 2.64. The van der Waals surface area contributed by atoms with Crippen LogP contribution in [0, 0.1) is 17.2 Å². The van der Waals surface area contributed by atoms with Crippen molar-refractivity contribution in [1.29, 1.82) is 5.26 Å². The summed E-state index contributed by atoms with van der Waals surface area (Å²) in [5.41, 5.74) is 1.41. The number of rotatable bonds is 7. The molecule has 0 bridgehead atoms. The molecule has 5 nitrogen and oxygen atoms in total. The smallest absolute Gasteiger partial charge is 0.258 e. The van der Waals surface area contributed by atoms with E-state index in [2.05, 4.69) is 5.32 Å². The molecule has 1 atom stereocenters. The van der Waals surface area contributed by atoms with E-state index < -0.39 is 0 Å². The van der Waals surface area contributed by atoms with E-state index in [1.54, 1.807) is 31.4 Å². The number of para-hydroxylation sites is 1. The number of methoxy groups -OCH3 is 1. The van der Waals surface area contributed by atoms with E-state index >= 15 is 0 Å². The summed E-state index contributed by atoms with van der Waals surface area (Å²) >= 11 is 0. The van der Waals surface area contributed by atoms with Crippen molar-refractivity contribution in [2.75, 3.05) is 13.7 Å². The largest absolute Gasteiger partial charge is 0.497 e. The van der Waals surface area contributed by atoms with Crippen LogP contribution in [0.4, 0.5) is 0 Å². The Balaban J connectivity index is 2.01. The van der Waals surface area contributed by atoms with E-state index in [0.29, 0.717) is 11.3 Å². The van der Waals surface area contributed by atoms with Crippen LogP contribution in [0.1, 0.15) is 31.0 Å². The van der Waals surface area contributed by atoms with Gasteiger partial charge in [-0.3, -0.25) is 4.79 Å². The summed E-state index contributed by atoms with van der Waals surface area (Å²) in [6, 6.07) is 16.4. The van der Waals surface area contributed by atoms with Gasteiger partial charge in [-0.1, -0.05) is 38.1 Å². The highest BCUT2D eigenvalue weighted by Gasteiger charge is 2.19. The number of carbonyl (C=O) groups is 1. The lowest BCUT2D eigenvalue weighted by molar-refractivity contribution is -0.124. The first-order chi connectivity index (χ1) is 12.0. The zero-order valence-corrected chi connectivity index (χ0v) is 14.7. The van der Waals surface area contributed by atoms with E-state index in [1.165, 1.54) is 0 Å². The zero-order chi connectivity index (χ0) is 18.2. The maximum Gasteiger partial charge on any atom is 0.258 e. The number of carbonyl (C=O) groups excluding carboxylic acids is 1.